The van der Waals surface area contributed by atoms with E-state index in [2.05, 4.69) is 15.1 Å². The summed E-state index contributed by atoms with van der Waals surface area (Å²) in [6, 6.07) is 21.4. The van der Waals surface area contributed by atoms with Gasteiger partial charge in [-0.05, 0) is 54.1 Å². The van der Waals surface area contributed by atoms with Gasteiger partial charge >= 0.3 is 0 Å². The summed E-state index contributed by atoms with van der Waals surface area (Å²) in [5.41, 5.74) is 2.28. The predicted octanol–water partition coefficient (Wildman–Crippen LogP) is 4.68. The Bertz CT molecular complexity index is 1400. The molecule has 5 rings (SSSR count). The number of carbonyl (C=O) groups is 1. The number of carbonyl (C=O) groups excluding carboxylic acids is 1. The summed E-state index contributed by atoms with van der Waals surface area (Å²) in [5, 5.41) is 10.8. The maximum absolute atomic E-state index is 13.6. The number of aromatic nitrogens is 2. The van der Waals surface area contributed by atoms with Crippen molar-refractivity contribution < 1.29 is 19.0 Å². The van der Waals surface area contributed by atoms with Crippen molar-refractivity contribution in [1.82, 2.24) is 15.1 Å². The Labute approximate surface area is 216 Å². The molecular formula is C29H30N4O4. The molecule has 1 saturated heterocycles. The molecular weight excluding hydrogens is 468 g/mol. The molecule has 0 saturated carbocycles. The number of nitrogens with zero attached hydrogens (tertiary/aromatic N) is 4. The second-order valence-electron chi connectivity index (χ2n) is 8.72. The van der Waals surface area contributed by atoms with Crippen molar-refractivity contribution in [2.75, 3.05) is 51.9 Å². The Hall–Kier alpha value is -4.33. The second-order valence-corrected chi connectivity index (χ2v) is 8.72. The summed E-state index contributed by atoms with van der Waals surface area (Å²) in [7, 11) is 3.22. The highest BCUT2D eigenvalue weighted by molar-refractivity contribution is 6.09. The highest BCUT2D eigenvalue weighted by Gasteiger charge is 2.26. The van der Waals surface area contributed by atoms with E-state index in [1.165, 1.54) is 0 Å². The van der Waals surface area contributed by atoms with Crippen molar-refractivity contribution >= 4 is 22.5 Å². The average molecular weight is 499 g/mol. The van der Waals surface area contributed by atoms with Crippen molar-refractivity contribution in [3.8, 4) is 28.5 Å². The number of amides is 1. The number of ether oxygens (including phenoxy) is 3. The number of methoxy groups -OCH3 is 2. The Morgan fingerprint density at radius 3 is 2.30 bits per heavy atom. The van der Waals surface area contributed by atoms with Crippen molar-refractivity contribution in [2.24, 2.45) is 0 Å². The maximum atomic E-state index is 13.6. The first kappa shape index (κ1) is 24.4. The Kier molecular flexibility index (Phi) is 7.07. The van der Waals surface area contributed by atoms with Gasteiger partial charge < -0.3 is 24.0 Å². The average Bonchev–Trinajstić information content (AvgIpc) is 2.96. The summed E-state index contributed by atoms with van der Waals surface area (Å²) >= 11 is 0. The largest absolute Gasteiger partial charge is 0.493 e. The molecule has 1 aliphatic heterocycles. The third kappa shape index (κ3) is 4.87. The van der Waals surface area contributed by atoms with Crippen LogP contribution in [-0.2, 0) is 0 Å². The topological polar surface area (TPSA) is 77.0 Å². The van der Waals surface area contributed by atoms with E-state index in [0.29, 0.717) is 55.6 Å². The van der Waals surface area contributed by atoms with Crippen molar-refractivity contribution in [2.45, 2.75) is 6.92 Å². The van der Waals surface area contributed by atoms with Crippen LogP contribution in [0.2, 0.25) is 0 Å². The van der Waals surface area contributed by atoms with E-state index in [0.717, 1.165) is 27.8 Å². The van der Waals surface area contributed by atoms with Gasteiger partial charge in [-0.1, -0.05) is 30.3 Å². The van der Waals surface area contributed by atoms with Gasteiger partial charge in [-0.15, -0.1) is 10.2 Å². The fourth-order valence-electron chi connectivity index (χ4n) is 4.69. The summed E-state index contributed by atoms with van der Waals surface area (Å²) in [5.74, 6) is 2.72. The quantitative estimate of drug-likeness (QED) is 0.366. The first-order valence-electron chi connectivity index (χ1n) is 12.4. The lowest BCUT2D eigenvalue weighted by atomic mass is 10.0. The SMILES string of the molecule is CCOc1ccc2ccccc2c1C(=O)N1CCN(c2ccc(-c3ccc(OC)c(OC)c3)nn2)CC1. The molecule has 0 spiro atoms. The van der Waals surface area contributed by atoms with Gasteiger partial charge in [0.1, 0.15) is 5.75 Å². The molecule has 1 fully saturated rings. The number of piperazine rings is 1. The highest BCUT2D eigenvalue weighted by Crippen LogP contribution is 2.32. The zero-order valence-corrected chi connectivity index (χ0v) is 21.3. The van der Waals surface area contributed by atoms with Crippen molar-refractivity contribution in [3.05, 3.63) is 72.3 Å². The highest BCUT2D eigenvalue weighted by atomic mass is 16.5. The Morgan fingerprint density at radius 1 is 0.838 bits per heavy atom. The molecule has 4 aromatic rings. The van der Waals surface area contributed by atoms with Crippen LogP contribution in [0.4, 0.5) is 5.82 Å². The third-order valence-electron chi connectivity index (χ3n) is 6.63. The number of anilines is 1. The first-order valence-corrected chi connectivity index (χ1v) is 12.4. The van der Waals surface area contributed by atoms with Crippen molar-refractivity contribution in [3.63, 3.8) is 0 Å². The molecule has 3 aromatic carbocycles. The van der Waals surface area contributed by atoms with Crippen LogP contribution in [-0.4, -0.2) is 68.0 Å². The lowest BCUT2D eigenvalue weighted by molar-refractivity contribution is 0.0744. The minimum absolute atomic E-state index is 0.00483. The van der Waals surface area contributed by atoms with Crippen LogP contribution in [0.5, 0.6) is 17.2 Å². The molecule has 1 amide bonds. The Balaban J connectivity index is 1.30. The van der Waals surface area contributed by atoms with Crippen LogP contribution in [0.15, 0.2) is 66.7 Å². The summed E-state index contributed by atoms with van der Waals surface area (Å²) in [6.07, 6.45) is 0. The first-order chi connectivity index (χ1) is 18.1. The smallest absolute Gasteiger partial charge is 0.258 e. The van der Waals surface area contributed by atoms with E-state index in [-0.39, 0.29) is 5.91 Å². The number of hydrogen-bond acceptors (Lipinski definition) is 7. The molecule has 0 aliphatic carbocycles. The van der Waals surface area contributed by atoms with Crippen molar-refractivity contribution in [1.29, 1.82) is 0 Å². The second kappa shape index (κ2) is 10.7. The number of hydrogen-bond donors (Lipinski definition) is 0. The predicted molar refractivity (Wildman–Crippen MR) is 144 cm³/mol. The molecule has 190 valence electrons. The van der Waals surface area contributed by atoms with E-state index in [9.17, 15) is 4.79 Å². The van der Waals surface area contributed by atoms with E-state index >= 15 is 0 Å². The van der Waals surface area contributed by atoms with Crippen LogP contribution in [0.25, 0.3) is 22.0 Å². The van der Waals surface area contributed by atoms with E-state index < -0.39 is 0 Å². The van der Waals surface area contributed by atoms with Crippen LogP contribution in [0, 0.1) is 0 Å². The van der Waals surface area contributed by atoms with E-state index in [4.69, 9.17) is 14.2 Å². The zero-order chi connectivity index (χ0) is 25.8. The molecule has 0 atom stereocenters. The summed E-state index contributed by atoms with van der Waals surface area (Å²) in [4.78, 5) is 17.7. The molecule has 0 bridgehead atoms. The van der Waals surface area contributed by atoms with Gasteiger partial charge in [-0.3, -0.25) is 4.79 Å². The van der Waals surface area contributed by atoms with Gasteiger partial charge in [0.05, 0.1) is 32.1 Å². The fraction of sp³-hybridized carbons (Fsp3) is 0.276. The van der Waals surface area contributed by atoms with Gasteiger partial charge in [0.2, 0.25) is 0 Å². The minimum atomic E-state index is -0.00483. The van der Waals surface area contributed by atoms with E-state index in [1.807, 2.05) is 78.6 Å². The molecule has 0 unspecified atom stereocenters. The molecule has 8 heteroatoms. The Morgan fingerprint density at radius 2 is 1.59 bits per heavy atom. The van der Waals surface area contributed by atoms with Gasteiger partial charge in [0.25, 0.3) is 5.91 Å². The summed E-state index contributed by atoms with van der Waals surface area (Å²) < 4.78 is 16.5. The number of rotatable bonds is 7. The number of benzene rings is 3. The maximum Gasteiger partial charge on any atom is 0.258 e. The molecule has 8 nitrogen and oxygen atoms in total. The minimum Gasteiger partial charge on any atom is -0.493 e. The third-order valence-corrected chi connectivity index (χ3v) is 6.63. The lowest BCUT2D eigenvalue weighted by Crippen LogP contribution is -2.49. The standard InChI is InChI=1S/C29H30N4O4/c1-4-37-25-13-9-20-7-5-6-8-22(20)28(25)29(34)33-17-15-32(16-18-33)27-14-11-23(30-31-27)21-10-12-24(35-2)26(19-21)36-3/h5-14,19H,4,15-18H2,1-3H3. The number of fused-ring (bicyclic) bond motifs is 1. The monoisotopic (exact) mass is 498 g/mol. The normalized spacial score (nSPS) is 13.5. The molecule has 0 radical (unpaired) electrons. The van der Waals surface area contributed by atoms with Crippen LogP contribution < -0.4 is 19.1 Å². The molecule has 1 aromatic heterocycles. The van der Waals surface area contributed by atoms with Gasteiger partial charge in [-0.25, -0.2) is 0 Å². The van der Waals surface area contributed by atoms with Crippen LogP contribution >= 0.6 is 0 Å². The lowest BCUT2D eigenvalue weighted by Gasteiger charge is -2.35. The van der Waals surface area contributed by atoms with Crippen LogP contribution in [0.1, 0.15) is 17.3 Å². The van der Waals surface area contributed by atoms with Gasteiger partial charge in [-0.2, -0.15) is 0 Å². The molecule has 37 heavy (non-hydrogen) atoms. The molecule has 1 aliphatic rings. The molecule has 2 heterocycles. The van der Waals surface area contributed by atoms with Gasteiger partial charge in [0, 0.05) is 31.7 Å². The molecule has 0 N–H and O–H groups in total. The zero-order valence-electron chi connectivity index (χ0n) is 21.3. The van der Waals surface area contributed by atoms with Crippen LogP contribution in [0.3, 0.4) is 0 Å². The summed E-state index contributed by atoms with van der Waals surface area (Å²) in [6.45, 7) is 4.96. The fourth-order valence-corrected chi connectivity index (χ4v) is 4.69. The van der Waals surface area contributed by atoms with Gasteiger partial charge in [0.15, 0.2) is 17.3 Å². The van der Waals surface area contributed by atoms with E-state index in [1.54, 1.807) is 14.2 Å².